The van der Waals surface area contributed by atoms with Crippen LogP contribution in [0.15, 0.2) is 0 Å². The fourth-order valence-electron chi connectivity index (χ4n) is 2.23. The molecule has 1 saturated heterocycles. The van der Waals surface area contributed by atoms with Gasteiger partial charge in [0.2, 0.25) is 5.91 Å². The Balaban J connectivity index is 0.00000225. The Morgan fingerprint density at radius 2 is 2.12 bits per heavy atom. The average molecular weight is 249 g/mol. The Kier molecular flexibility index (Phi) is 7.77. The van der Waals surface area contributed by atoms with Gasteiger partial charge in [0.15, 0.2) is 0 Å². The van der Waals surface area contributed by atoms with Gasteiger partial charge in [-0.2, -0.15) is 0 Å². The van der Waals surface area contributed by atoms with Gasteiger partial charge in [0, 0.05) is 25.6 Å². The Hall–Kier alpha value is -0.280. The predicted molar refractivity (Wildman–Crippen MR) is 69.7 cm³/mol. The van der Waals surface area contributed by atoms with Gasteiger partial charge in [0.25, 0.3) is 0 Å². The van der Waals surface area contributed by atoms with Crippen molar-refractivity contribution >= 4 is 18.3 Å². The molecule has 1 aliphatic heterocycles. The van der Waals surface area contributed by atoms with E-state index in [-0.39, 0.29) is 24.4 Å². The first-order valence-electron chi connectivity index (χ1n) is 6.16. The van der Waals surface area contributed by atoms with Crippen molar-refractivity contribution in [1.82, 2.24) is 4.90 Å². The molecule has 0 radical (unpaired) electrons. The number of rotatable bonds is 3. The van der Waals surface area contributed by atoms with Crippen molar-refractivity contribution < 1.29 is 4.79 Å². The van der Waals surface area contributed by atoms with Crippen molar-refractivity contribution in [1.29, 1.82) is 0 Å². The summed E-state index contributed by atoms with van der Waals surface area (Å²) in [5, 5.41) is 0. The van der Waals surface area contributed by atoms with Crippen molar-refractivity contribution in [3.8, 4) is 0 Å². The molecule has 1 fully saturated rings. The van der Waals surface area contributed by atoms with Crippen LogP contribution in [0.4, 0.5) is 0 Å². The third-order valence-electron chi connectivity index (χ3n) is 3.27. The molecular formula is C12H25ClN2O. The van der Waals surface area contributed by atoms with Crippen LogP contribution < -0.4 is 5.73 Å². The summed E-state index contributed by atoms with van der Waals surface area (Å²) in [5.74, 6) is 1.06. The Morgan fingerprint density at radius 1 is 1.44 bits per heavy atom. The molecule has 1 rings (SSSR count). The molecule has 3 nitrogen and oxygen atoms in total. The van der Waals surface area contributed by atoms with Crippen LogP contribution in [0.3, 0.4) is 0 Å². The molecule has 2 N–H and O–H groups in total. The van der Waals surface area contributed by atoms with Gasteiger partial charge in [0.1, 0.15) is 0 Å². The highest BCUT2D eigenvalue weighted by atomic mass is 35.5. The molecule has 1 heterocycles. The highest BCUT2D eigenvalue weighted by Gasteiger charge is 2.19. The number of hydrogen-bond acceptors (Lipinski definition) is 2. The summed E-state index contributed by atoms with van der Waals surface area (Å²) in [6, 6.07) is -0.0114. The number of nitrogens with zero attached hydrogens (tertiary/aromatic N) is 1. The maximum atomic E-state index is 11.8. The molecule has 0 bridgehead atoms. The van der Waals surface area contributed by atoms with Gasteiger partial charge in [-0.3, -0.25) is 4.79 Å². The second-order valence-corrected chi connectivity index (χ2v) is 4.77. The SMILES string of the molecule is CCC1CCCN(C(=O)CC(C)N)CC1.Cl. The average Bonchev–Trinajstić information content (AvgIpc) is 2.41. The lowest BCUT2D eigenvalue weighted by atomic mass is 9.98. The Bertz CT molecular complexity index is 209. The molecular weight excluding hydrogens is 224 g/mol. The summed E-state index contributed by atoms with van der Waals surface area (Å²) in [4.78, 5) is 13.8. The highest BCUT2D eigenvalue weighted by molar-refractivity contribution is 5.85. The van der Waals surface area contributed by atoms with Crippen molar-refractivity contribution in [2.24, 2.45) is 11.7 Å². The van der Waals surface area contributed by atoms with Gasteiger partial charge in [-0.15, -0.1) is 12.4 Å². The summed E-state index contributed by atoms with van der Waals surface area (Å²) < 4.78 is 0. The van der Waals surface area contributed by atoms with E-state index in [2.05, 4.69) is 6.92 Å². The van der Waals surface area contributed by atoms with Gasteiger partial charge in [-0.25, -0.2) is 0 Å². The first-order valence-corrected chi connectivity index (χ1v) is 6.16. The van der Waals surface area contributed by atoms with Gasteiger partial charge < -0.3 is 10.6 Å². The standard InChI is InChI=1S/C12H24N2O.ClH/c1-3-11-5-4-7-14(8-6-11)12(15)9-10(2)13;/h10-11H,3-9,13H2,1-2H3;1H. The number of amides is 1. The third-order valence-corrected chi connectivity index (χ3v) is 3.27. The minimum atomic E-state index is -0.0114. The minimum Gasteiger partial charge on any atom is -0.343 e. The summed E-state index contributed by atoms with van der Waals surface area (Å²) in [5.41, 5.74) is 5.65. The molecule has 0 aromatic rings. The number of halogens is 1. The van der Waals surface area contributed by atoms with Crippen LogP contribution in [-0.4, -0.2) is 29.9 Å². The maximum Gasteiger partial charge on any atom is 0.224 e. The number of carbonyl (C=O) groups excluding carboxylic acids is 1. The van der Waals surface area contributed by atoms with E-state index >= 15 is 0 Å². The van der Waals surface area contributed by atoms with Crippen LogP contribution in [0.5, 0.6) is 0 Å². The first-order chi connectivity index (χ1) is 7.13. The maximum absolute atomic E-state index is 11.8. The Morgan fingerprint density at radius 3 is 2.69 bits per heavy atom. The zero-order valence-corrected chi connectivity index (χ0v) is 11.3. The van der Waals surface area contributed by atoms with Gasteiger partial charge in [-0.05, 0) is 32.1 Å². The van der Waals surface area contributed by atoms with E-state index in [9.17, 15) is 4.79 Å². The molecule has 16 heavy (non-hydrogen) atoms. The van der Waals surface area contributed by atoms with Crippen LogP contribution in [0.25, 0.3) is 0 Å². The molecule has 0 saturated carbocycles. The summed E-state index contributed by atoms with van der Waals surface area (Å²) in [6.07, 6.45) is 5.34. The second-order valence-electron chi connectivity index (χ2n) is 4.77. The van der Waals surface area contributed by atoms with Gasteiger partial charge >= 0.3 is 0 Å². The van der Waals surface area contributed by atoms with E-state index < -0.39 is 0 Å². The van der Waals surface area contributed by atoms with Gasteiger partial charge in [-0.1, -0.05) is 13.3 Å². The molecule has 1 aliphatic rings. The summed E-state index contributed by atoms with van der Waals surface area (Å²) in [7, 11) is 0. The topological polar surface area (TPSA) is 46.3 Å². The Labute approximate surface area is 105 Å². The quantitative estimate of drug-likeness (QED) is 0.832. The van der Waals surface area contributed by atoms with E-state index in [1.807, 2.05) is 11.8 Å². The van der Waals surface area contributed by atoms with E-state index in [0.717, 1.165) is 25.4 Å². The van der Waals surface area contributed by atoms with Crippen molar-refractivity contribution in [2.45, 2.75) is 52.0 Å². The molecule has 0 spiro atoms. The number of nitrogens with two attached hydrogens (primary N) is 1. The molecule has 0 aliphatic carbocycles. The van der Waals surface area contributed by atoms with E-state index in [1.54, 1.807) is 0 Å². The van der Waals surface area contributed by atoms with Crippen molar-refractivity contribution in [3.63, 3.8) is 0 Å². The smallest absolute Gasteiger partial charge is 0.224 e. The third kappa shape index (κ3) is 5.17. The van der Waals surface area contributed by atoms with E-state index in [0.29, 0.717) is 6.42 Å². The first kappa shape index (κ1) is 15.7. The summed E-state index contributed by atoms with van der Waals surface area (Å²) in [6.45, 7) is 6.00. The lowest BCUT2D eigenvalue weighted by Crippen LogP contribution is -2.35. The molecule has 1 amide bonds. The van der Waals surface area contributed by atoms with E-state index in [1.165, 1.54) is 19.3 Å². The normalized spacial score (nSPS) is 23.2. The molecule has 2 unspecified atom stereocenters. The number of carbonyl (C=O) groups is 1. The van der Waals surface area contributed by atoms with Gasteiger partial charge in [0.05, 0.1) is 0 Å². The molecule has 0 aromatic heterocycles. The van der Waals surface area contributed by atoms with Crippen LogP contribution in [0.1, 0.15) is 46.0 Å². The van der Waals surface area contributed by atoms with Crippen molar-refractivity contribution in [2.75, 3.05) is 13.1 Å². The number of hydrogen-bond donors (Lipinski definition) is 1. The lowest BCUT2D eigenvalue weighted by molar-refractivity contribution is -0.131. The highest BCUT2D eigenvalue weighted by Crippen LogP contribution is 2.20. The predicted octanol–water partition coefficient (Wildman–Crippen LogP) is 2.18. The van der Waals surface area contributed by atoms with Crippen molar-refractivity contribution in [3.05, 3.63) is 0 Å². The van der Waals surface area contributed by atoms with Crippen LogP contribution in [0.2, 0.25) is 0 Å². The number of likely N-dealkylation sites (tertiary alicyclic amines) is 1. The molecule has 0 aromatic carbocycles. The molecule has 2 atom stereocenters. The fourth-order valence-corrected chi connectivity index (χ4v) is 2.23. The zero-order chi connectivity index (χ0) is 11.3. The molecule has 96 valence electrons. The lowest BCUT2D eigenvalue weighted by Gasteiger charge is -2.21. The second kappa shape index (κ2) is 7.91. The fraction of sp³-hybridized carbons (Fsp3) is 0.917. The summed E-state index contributed by atoms with van der Waals surface area (Å²) >= 11 is 0. The monoisotopic (exact) mass is 248 g/mol. The van der Waals surface area contributed by atoms with Crippen LogP contribution >= 0.6 is 12.4 Å². The minimum absolute atomic E-state index is 0. The van der Waals surface area contributed by atoms with Crippen LogP contribution in [-0.2, 0) is 4.79 Å². The van der Waals surface area contributed by atoms with E-state index in [4.69, 9.17) is 5.73 Å². The largest absolute Gasteiger partial charge is 0.343 e. The van der Waals surface area contributed by atoms with Crippen LogP contribution in [0, 0.1) is 5.92 Å². The zero-order valence-electron chi connectivity index (χ0n) is 10.4. The molecule has 4 heteroatoms.